The van der Waals surface area contributed by atoms with E-state index in [9.17, 15) is 21.6 Å². The number of H-pyrrole nitrogens is 1. The number of anilines is 3. The number of rotatable bonds is 8. The molecule has 0 radical (unpaired) electrons. The third-order valence-electron chi connectivity index (χ3n) is 6.86. The summed E-state index contributed by atoms with van der Waals surface area (Å²) < 4.78 is 77.9. The van der Waals surface area contributed by atoms with Gasteiger partial charge in [0.05, 0.1) is 35.2 Å². The van der Waals surface area contributed by atoms with Crippen LogP contribution in [0.5, 0.6) is 5.75 Å². The molecule has 4 N–H and O–H groups in total. The van der Waals surface area contributed by atoms with Crippen LogP contribution < -0.4 is 20.7 Å². The van der Waals surface area contributed by atoms with Crippen LogP contribution in [0.1, 0.15) is 31.2 Å². The first-order chi connectivity index (χ1) is 18.2. The molecule has 0 amide bonds. The molecule has 1 aliphatic carbocycles. The highest BCUT2D eigenvalue weighted by molar-refractivity contribution is 7.92. The summed E-state index contributed by atoms with van der Waals surface area (Å²) in [6.45, 7) is 1.53. The van der Waals surface area contributed by atoms with Gasteiger partial charge in [-0.1, -0.05) is 12.8 Å². The van der Waals surface area contributed by atoms with Crippen LogP contribution in [0.25, 0.3) is 11.0 Å². The lowest BCUT2D eigenvalue weighted by atomic mass is 10.1. The zero-order valence-corrected chi connectivity index (χ0v) is 21.5. The van der Waals surface area contributed by atoms with Crippen LogP contribution in [0.2, 0.25) is 0 Å². The van der Waals surface area contributed by atoms with Gasteiger partial charge in [0.2, 0.25) is 15.8 Å². The number of halogens is 3. The number of nitrogens with zero attached hydrogens (tertiary/aromatic N) is 2. The van der Waals surface area contributed by atoms with E-state index in [1.54, 1.807) is 0 Å². The van der Waals surface area contributed by atoms with E-state index < -0.39 is 27.0 Å². The second-order valence-corrected chi connectivity index (χ2v) is 11.5. The molecular weight excluding hydrogens is 525 g/mol. The smallest absolute Gasteiger partial charge is 0.418 e. The lowest BCUT2D eigenvalue weighted by molar-refractivity contribution is -0.136. The molecule has 5 rings (SSSR count). The van der Waals surface area contributed by atoms with Crippen molar-refractivity contribution in [3.05, 3.63) is 30.0 Å². The third-order valence-corrected chi connectivity index (χ3v) is 8.76. The summed E-state index contributed by atoms with van der Waals surface area (Å²) in [6, 6.07) is 4.27. The first-order valence-electron chi connectivity index (χ1n) is 12.4. The van der Waals surface area contributed by atoms with Crippen molar-refractivity contribution in [2.75, 3.05) is 44.0 Å². The first kappa shape index (κ1) is 26.5. The number of alkyl halides is 3. The van der Waals surface area contributed by atoms with Crippen molar-refractivity contribution in [2.45, 2.75) is 42.2 Å². The maximum absolute atomic E-state index is 13.7. The molecular formula is C24H29F3N6O4S. The Kier molecular flexibility index (Phi) is 7.38. The molecule has 3 aromatic rings. The lowest BCUT2D eigenvalue weighted by Crippen LogP contribution is -2.43. The minimum Gasteiger partial charge on any atom is -0.495 e. The first-order valence-corrected chi connectivity index (χ1v) is 13.9. The van der Waals surface area contributed by atoms with Gasteiger partial charge in [-0.25, -0.2) is 8.42 Å². The Morgan fingerprint density at radius 3 is 2.68 bits per heavy atom. The average Bonchev–Trinajstić information content (AvgIpc) is 3.58. The van der Waals surface area contributed by atoms with E-state index in [0.717, 1.165) is 31.9 Å². The Morgan fingerprint density at radius 2 is 2.00 bits per heavy atom. The lowest BCUT2D eigenvalue weighted by Gasteiger charge is -2.24. The quantitative estimate of drug-likeness (QED) is 0.326. The minimum atomic E-state index is -4.58. The fourth-order valence-corrected chi connectivity index (χ4v) is 6.31. The molecule has 1 saturated carbocycles. The van der Waals surface area contributed by atoms with Crippen LogP contribution in [0, 0.1) is 5.92 Å². The summed E-state index contributed by atoms with van der Waals surface area (Å²) in [4.78, 5) is 11.2. The van der Waals surface area contributed by atoms with Crippen molar-refractivity contribution < 1.29 is 31.1 Å². The second kappa shape index (κ2) is 10.6. The fourth-order valence-electron chi connectivity index (χ4n) is 4.86. The molecule has 3 heterocycles. The molecule has 0 spiro atoms. The molecule has 1 aromatic carbocycles. The van der Waals surface area contributed by atoms with Gasteiger partial charge in [-0.15, -0.1) is 0 Å². The van der Waals surface area contributed by atoms with Crippen molar-refractivity contribution in [1.82, 2.24) is 20.3 Å². The number of benzene rings is 1. The highest BCUT2D eigenvalue weighted by atomic mass is 32.2. The highest BCUT2D eigenvalue weighted by Crippen LogP contribution is 2.39. The van der Waals surface area contributed by atoms with Gasteiger partial charge in [-0.3, -0.25) is 0 Å². The SMILES string of the molecule is COc1cc(S(=O)(=O)C2CNCCO2)ccc1Nc1nc(NCC2CCCC2)c2c(C(F)(F)F)c[nH]c2n1. The summed E-state index contributed by atoms with van der Waals surface area (Å²) >= 11 is 0. The Balaban J connectivity index is 1.46. The van der Waals surface area contributed by atoms with E-state index in [1.165, 1.54) is 25.3 Å². The van der Waals surface area contributed by atoms with Crippen molar-refractivity contribution in [1.29, 1.82) is 0 Å². The number of morpholine rings is 1. The normalized spacial score (nSPS) is 19.1. The number of hydrogen-bond donors (Lipinski definition) is 4. The van der Waals surface area contributed by atoms with Gasteiger partial charge in [0.1, 0.15) is 17.2 Å². The Morgan fingerprint density at radius 1 is 1.21 bits per heavy atom. The topological polar surface area (TPSA) is 130 Å². The zero-order valence-electron chi connectivity index (χ0n) is 20.7. The predicted octanol–water partition coefficient (Wildman–Crippen LogP) is 4.05. The number of methoxy groups -OCH3 is 1. The summed E-state index contributed by atoms with van der Waals surface area (Å²) in [5, 5.41) is 8.94. The van der Waals surface area contributed by atoms with Crippen LogP contribution in [0.4, 0.5) is 30.6 Å². The van der Waals surface area contributed by atoms with Gasteiger partial charge in [-0.05, 0) is 30.9 Å². The van der Waals surface area contributed by atoms with Gasteiger partial charge in [0, 0.05) is 31.9 Å². The molecule has 1 unspecified atom stereocenters. The number of sulfone groups is 1. The Bertz CT molecular complexity index is 1400. The van der Waals surface area contributed by atoms with Crippen molar-refractivity contribution in [3.8, 4) is 5.75 Å². The summed E-state index contributed by atoms with van der Waals surface area (Å²) in [7, 11) is -2.41. The molecule has 2 fully saturated rings. The van der Waals surface area contributed by atoms with Crippen molar-refractivity contribution >= 4 is 38.3 Å². The van der Waals surface area contributed by atoms with Gasteiger partial charge in [0.25, 0.3) is 0 Å². The molecule has 14 heteroatoms. The van der Waals surface area contributed by atoms with E-state index in [4.69, 9.17) is 9.47 Å². The van der Waals surface area contributed by atoms with Gasteiger partial charge in [0.15, 0.2) is 5.44 Å². The molecule has 2 aromatic heterocycles. The van der Waals surface area contributed by atoms with Crippen LogP contribution in [0.3, 0.4) is 0 Å². The zero-order chi connectivity index (χ0) is 26.9. The number of hydrogen-bond acceptors (Lipinski definition) is 9. The molecule has 0 bridgehead atoms. The van der Waals surface area contributed by atoms with E-state index in [2.05, 4.69) is 30.9 Å². The maximum atomic E-state index is 13.7. The van der Waals surface area contributed by atoms with E-state index in [1.807, 2.05) is 0 Å². The van der Waals surface area contributed by atoms with Crippen LogP contribution in [0.15, 0.2) is 29.3 Å². The summed E-state index contributed by atoms with van der Waals surface area (Å²) in [5.74, 6) is 0.651. The molecule has 1 atom stereocenters. The van der Waals surface area contributed by atoms with E-state index in [-0.39, 0.29) is 46.6 Å². The van der Waals surface area contributed by atoms with Crippen molar-refractivity contribution in [2.24, 2.45) is 5.92 Å². The van der Waals surface area contributed by atoms with Gasteiger partial charge < -0.3 is 30.4 Å². The number of aromatic nitrogens is 3. The number of aromatic amines is 1. The Hall–Kier alpha value is -3.10. The standard InChI is InChI=1S/C24H29F3N6O4S/c1-36-18-10-15(38(34,35)19-13-28-8-9-37-19)6-7-17(18)31-23-32-21(29-11-14-4-2-3-5-14)20-16(24(25,26)27)12-30-22(20)33-23/h6-7,10,12,14,19,28H,2-5,8-9,11,13H2,1H3,(H3,29,30,31,32,33). The number of fused-ring (bicyclic) bond motifs is 1. The third kappa shape index (κ3) is 5.38. The van der Waals surface area contributed by atoms with Gasteiger partial charge in [-0.2, -0.15) is 23.1 Å². The summed E-state index contributed by atoms with van der Waals surface area (Å²) in [6.07, 6.45) is 0.533. The largest absolute Gasteiger partial charge is 0.495 e. The summed E-state index contributed by atoms with van der Waals surface area (Å²) in [5.41, 5.74) is -1.50. The molecule has 38 heavy (non-hydrogen) atoms. The Labute approximate surface area is 217 Å². The number of ether oxygens (including phenoxy) is 2. The average molecular weight is 555 g/mol. The molecule has 1 aliphatic heterocycles. The van der Waals surface area contributed by atoms with Crippen molar-refractivity contribution in [3.63, 3.8) is 0 Å². The second-order valence-electron chi connectivity index (χ2n) is 9.39. The van der Waals surface area contributed by atoms with Gasteiger partial charge >= 0.3 is 6.18 Å². The molecule has 2 aliphatic rings. The molecule has 1 saturated heterocycles. The molecule has 10 nitrogen and oxygen atoms in total. The highest BCUT2D eigenvalue weighted by Gasteiger charge is 2.36. The number of nitrogens with one attached hydrogen (secondary N) is 4. The minimum absolute atomic E-state index is 0.0167. The van der Waals surface area contributed by atoms with Crippen LogP contribution >= 0.6 is 0 Å². The van der Waals surface area contributed by atoms with E-state index >= 15 is 0 Å². The fraction of sp³-hybridized carbons (Fsp3) is 0.500. The van der Waals surface area contributed by atoms with Crippen LogP contribution in [-0.2, 0) is 20.8 Å². The van der Waals surface area contributed by atoms with E-state index in [0.29, 0.717) is 24.7 Å². The monoisotopic (exact) mass is 554 g/mol. The predicted molar refractivity (Wildman–Crippen MR) is 135 cm³/mol. The van der Waals surface area contributed by atoms with Crippen LogP contribution in [-0.4, -0.2) is 62.2 Å². The maximum Gasteiger partial charge on any atom is 0.418 e. The molecule has 206 valence electrons.